The van der Waals surface area contributed by atoms with Gasteiger partial charge < -0.3 is 10.4 Å². The zero-order valence-electron chi connectivity index (χ0n) is 10.4. The number of nitrogens with one attached hydrogen (secondary N) is 1. The minimum absolute atomic E-state index is 0.155. The first-order valence-electron chi connectivity index (χ1n) is 5.75. The van der Waals surface area contributed by atoms with Gasteiger partial charge in [-0.3, -0.25) is 4.79 Å². The maximum Gasteiger partial charge on any atom is 0.256 e. The zero-order chi connectivity index (χ0) is 13.7. The molecule has 0 atom stereocenters. The maximum atomic E-state index is 12.0. The lowest BCUT2D eigenvalue weighted by Crippen LogP contribution is -2.10. The molecule has 1 heterocycles. The highest BCUT2D eigenvalue weighted by Crippen LogP contribution is 2.16. The van der Waals surface area contributed by atoms with Crippen molar-refractivity contribution in [2.75, 3.05) is 11.9 Å². The topological polar surface area (TPSA) is 49.3 Å². The Morgan fingerprint density at radius 1 is 1.37 bits per heavy atom. The van der Waals surface area contributed by atoms with Crippen LogP contribution in [0.4, 0.5) is 5.69 Å². The van der Waals surface area contributed by atoms with Crippen LogP contribution in [0.15, 0.2) is 35.7 Å². The van der Waals surface area contributed by atoms with E-state index in [9.17, 15) is 4.79 Å². The highest BCUT2D eigenvalue weighted by molar-refractivity contribution is 7.10. The van der Waals surface area contributed by atoms with Crippen molar-refractivity contribution in [3.63, 3.8) is 0 Å². The Labute approximate surface area is 115 Å². The number of amides is 1. The van der Waals surface area contributed by atoms with Crippen LogP contribution in [0.5, 0.6) is 0 Å². The average Bonchev–Trinajstić information content (AvgIpc) is 2.88. The summed E-state index contributed by atoms with van der Waals surface area (Å²) in [5, 5.41) is 13.2. The standard InChI is InChI=1S/C15H13NO2S/c1-11-4-6-13(7-5-11)16-15(18)12-9-14(19-10-12)3-2-8-17/h4-7,9-10,17H,8H2,1H3,(H,16,18). The predicted octanol–water partition coefficient (Wildman–Crippen LogP) is 2.65. The summed E-state index contributed by atoms with van der Waals surface area (Å²) in [4.78, 5) is 12.8. The van der Waals surface area contributed by atoms with Crippen molar-refractivity contribution >= 4 is 22.9 Å². The van der Waals surface area contributed by atoms with Gasteiger partial charge in [-0.2, -0.15) is 0 Å². The number of benzene rings is 1. The first-order valence-corrected chi connectivity index (χ1v) is 6.63. The lowest BCUT2D eigenvalue weighted by molar-refractivity contribution is 0.102. The summed E-state index contributed by atoms with van der Waals surface area (Å²) in [6, 6.07) is 9.35. The third-order valence-electron chi connectivity index (χ3n) is 2.46. The molecular formula is C15H13NO2S. The average molecular weight is 271 g/mol. The van der Waals surface area contributed by atoms with Gasteiger partial charge in [-0.15, -0.1) is 11.3 Å². The fraction of sp³-hybridized carbons (Fsp3) is 0.133. The van der Waals surface area contributed by atoms with Gasteiger partial charge in [-0.05, 0) is 25.1 Å². The highest BCUT2D eigenvalue weighted by atomic mass is 32.1. The third kappa shape index (κ3) is 3.68. The van der Waals surface area contributed by atoms with Gasteiger partial charge in [-0.1, -0.05) is 29.5 Å². The summed E-state index contributed by atoms with van der Waals surface area (Å²) >= 11 is 1.39. The van der Waals surface area contributed by atoms with E-state index in [0.717, 1.165) is 16.1 Å². The van der Waals surface area contributed by atoms with E-state index >= 15 is 0 Å². The molecule has 0 saturated heterocycles. The molecule has 0 spiro atoms. The molecule has 2 aromatic rings. The molecule has 0 radical (unpaired) electrons. The minimum atomic E-state index is -0.178. The molecule has 1 amide bonds. The molecule has 96 valence electrons. The molecule has 2 N–H and O–H groups in total. The van der Waals surface area contributed by atoms with Gasteiger partial charge in [0.25, 0.3) is 5.91 Å². The van der Waals surface area contributed by atoms with E-state index in [-0.39, 0.29) is 12.5 Å². The summed E-state index contributed by atoms with van der Waals surface area (Å²) < 4.78 is 0. The van der Waals surface area contributed by atoms with Gasteiger partial charge in [-0.25, -0.2) is 0 Å². The van der Waals surface area contributed by atoms with Crippen molar-refractivity contribution in [1.29, 1.82) is 0 Å². The molecule has 0 aliphatic carbocycles. The van der Waals surface area contributed by atoms with E-state index in [2.05, 4.69) is 17.2 Å². The Bertz CT molecular complexity index is 632. The summed E-state index contributed by atoms with van der Waals surface area (Å²) in [6.07, 6.45) is 0. The number of thiophene rings is 1. The van der Waals surface area contributed by atoms with Crippen LogP contribution in [-0.4, -0.2) is 17.6 Å². The van der Waals surface area contributed by atoms with Crippen LogP contribution in [0.25, 0.3) is 0 Å². The van der Waals surface area contributed by atoms with Crippen LogP contribution >= 0.6 is 11.3 Å². The molecule has 19 heavy (non-hydrogen) atoms. The number of aliphatic hydroxyl groups excluding tert-OH is 1. The first-order chi connectivity index (χ1) is 9.19. The molecule has 0 aliphatic rings. The van der Waals surface area contributed by atoms with Gasteiger partial charge in [0.2, 0.25) is 0 Å². The van der Waals surface area contributed by atoms with Crippen LogP contribution in [-0.2, 0) is 0 Å². The molecule has 0 saturated carbocycles. The molecular weight excluding hydrogens is 258 g/mol. The normalized spacial score (nSPS) is 9.58. The monoisotopic (exact) mass is 271 g/mol. The Balaban J connectivity index is 2.07. The lowest BCUT2D eigenvalue weighted by atomic mass is 10.2. The van der Waals surface area contributed by atoms with Crippen molar-refractivity contribution < 1.29 is 9.90 Å². The van der Waals surface area contributed by atoms with Gasteiger partial charge in [0, 0.05) is 11.1 Å². The molecule has 0 unspecified atom stereocenters. The van der Waals surface area contributed by atoms with E-state index in [0.29, 0.717) is 5.56 Å². The Morgan fingerprint density at radius 2 is 2.11 bits per heavy atom. The second-order valence-corrected chi connectivity index (χ2v) is 4.89. The van der Waals surface area contributed by atoms with Crippen LogP contribution in [0.2, 0.25) is 0 Å². The quantitative estimate of drug-likeness (QED) is 0.825. The van der Waals surface area contributed by atoms with Crippen molar-refractivity contribution in [2.45, 2.75) is 6.92 Å². The molecule has 0 aliphatic heterocycles. The number of aliphatic hydroxyl groups is 1. The van der Waals surface area contributed by atoms with Crippen LogP contribution < -0.4 is 5.32 Å². The molecule has 0 fully saturated rings. The maximum absolute atomic E-state index is 12.0. The SMILES string of the molecule is Cc1ccc(NC(=O)c2csc(C#CCO)c2)cc1. The van der Waals surface area contributed by atoms with Gasteiger partial charge in [0.05, 0.1) is 10.4 Å². The minimum Gasteiger partial charge on any atom is -0.384 e. The number of carbonyl (C=O) groups is 1. The van der Waals surface area contributed by atoms with E-state index in [4.69, 9.17) is 5.11 Å². The molecule has 2 rings (SSSR count). The smallest absolute Gasteiger partial charge is 0.256 e. The van der Waals surface area contributed by atoms with Crippen LogP contribution in [0.1, 0.15) is 20.8 Å². The van der Waals surface area contributed by atoms with Crippen LogP contribution in [0.3, 0.4) is 0 Å². The van der Waals surface area contributed by atoms with Crippen molar-refractivity contribution in [3.8, 4) is 11.8 Å². The predicted molar refractivity (Wildman–Crippen MR) is 77.4 cm³/mol. The number of hydrogen-bond donors (Lipinski definition) is 2. The van der Waals surface area contributed by atoms with Gasteiger partial charge in [0.1, 0.15) is 6.61 Å². The van der Waals surface area contributed by atoms with Crippen LogP contribution in [0, 0.1) is 18.8 Å². The molecule has 3 nitrogen and oxygen atoms in total. The number of aryl methyl sites for hydroxylation is 1. The molecule has 4 heteroatoms. The zero-order valence-corrected chi connectivity index (χ0v) is 11.3. The largest absolute Gasteiger partial charge is 0.384 e. The molecule has 1 aromatic heterocycles. The second-order valence-electron chi connectivity index (χ2n) is 3.98. The first kappa shape index (κ1) is 13.3. The molecule has 0 bridgehead atoms. The van der Waals surface area contributed by atoms with E-state index < -0.39 is 0 Å². The van der Waals surface area contributed by atoms with E-state index in [1.807, 2.05) is 31.2 Å². The van der Waals surface area contributed by atoms with Crippen molar-refractivity contribution in [2.24, 2.45) is 0 Å². The lowest BCUT2D eigenvalue weighted by Gasteiger charge is -2.03. The summed E-state index contributed by atoms with van der Waals surface area (Å²) in [5.74, 6) is 5.18. The molecule has 1 aromatic carbocycles. The third-order valence-corrected chi connectivity index (χ3v) is 3.31. The summed E-state index contributed by atoms with van der Waals surface area (Å²) in [6.45, 7) is 1.82. The van der Waals surface area contributed by atoms with E-state index in [1.54, 1.807) is 11.4 Å². The number of hydrogen-bond acceptors (Lipinski definition) is 3. The Hall–Kier alpha value is -2.09. The Kier molecular flexibility index (Phi) is 4.35. The van der Waals surface area contributed by atoms with Crippen molar-refractivity contribution in [1.82, 2.24) is 0 Å². The fourth-order valence-corrected chi connectivity index (χ4v) is 2.24. The number of anilines is 1. The summed E-state index contributed by atoms with van der Waals surface area (Å²) in [7, 11) is 0. The van der Waals surface area contributed by atoms with E-state index in [1.165, 1.54) is 11.3 Å². The second kappa shape index (κ2) is 6.19. The number of rotatable bonds is 2. The van der Waals surface area contributed by atoms with Crippen molar-refractivity contribution in [3.05, 3.63) is 51.7 Å². The fourth-order valence-electron chi connectivity index (χ4n) is 1.49. The van der Waals surface area contributed by atoms with Gasteiger partial charge >= 0.3 is 0 Å². The Morgan fingerprint density at radius 3 is 2.79 bits per heavy atom. The van der Waals surface area contributed by atoms with Gasteiger partial charge in [0.15, 0.2) is 0 Å². The summed E-state index contributed by atoms with van der Waals surface area (Å²) in [5.41, 5.74) is 2.49. The highest BCUT2D eigenvalue weighted by Gasteiger charge is 2.08. The number of carbonyl (C=O) groups excluding carboxylic acids is 1.